The molecule has 6 heteroatoms. The van der Waals surface area contributed by atoms with Crippen LogP contribution >= 0.6 is 0 Å². The van der Waals surface area contributed by atoms with E-state index in [4.69, 9.17) is 4.74 Å². The van der Waals surface area contributed by atoms with Gasteiger partial charge in [0.2, 0.25) is 0 Å². The Bertz CT molecular complexity index is 1170. The quantitative estimate of drug-likeness (QED) is 0.548. The monoisotopic (exact) mass is 369 g/mol. The molecule has 3 aromatic heterocycles. The van der Waals surface area contributed by atoms with E-state index in [1.54, 1.807) is 13.3 Å². The van der Waals surface area contributed by atoms with Gasteiger partial charge < -0.3 is 9.64 Å². The third-order valence-corrected chi connectivity index (χ3v) is 4.98. The van der Waals surface area contributed by atoms with Crippen LogP contribution in [0.1, 0.15) is 11.5 Å². The number of benzene rings is 1. The molecular formula is C22H19N5O. The molecule has 0 unspecified atom stereocenters. The van der Waals surface area contributed by atoms with Crippen LogP contribution in [0.5, 0.6) is 0 Å². The van der Waals surface area contributed by atoms with Gasteiger partial charge in [0.1, 0.15) is 5.76 Å². The number of fused-ring (bicyclic) bond motifs is 2. The predicted molar refractivity (Wildman–Crippen MR) is 109 cm³/mol. The van der Waals surface area contributed by atoms with Gasteiger partial charge in [0.25, 0.3) is 0 Å². The van der Waals surface area contributed by atoms with Crippen LogP contribution in [0.15, 0.2) is 72.8 Å². The fraction of sp³-hybridized carbons (Fsp3) is 0.136. The minimum atomic E-state index is 0.610. The number of nitrogens with zero attached hydrogens (tertiary/aromatic N) is 5. The predicted octanol–water partition coefficient (Wildman–Crippen LogP) is 3.80. The fourth-order valence-corrected chi connectivity index (χ4v) is 3.54. The SMILES string of the molecule is COC1=Cc2ncccc2N(Cc2nnc3ccc(-c4ccccc4)cn23)C1. The molecule has 0 bridgehead atoms. The van der Waals surface area contributed by atoms with E-state index in [9.17, 15) is 0 Å². The molecule has 0 N–H and O–H groups in total. The van der Waals surface area contributed by atoms with Gasteiger partial charge >= 0.3 is 0 Å². The van der Waals surface area contributed by atoms with Crippen LogP contribution in [0.25, 0.3) is 22.9 Å². The van der Waals surface area contributed by atoms with Crippen molar-refractivity contribution in [1.82, 2.24) is 19.6 Å². The molecule has 0 aliphatic carbocycles. The molecular weight excluding hydrogens is 350 g/mol. The van der Waals surface area contributed by atoms with Crippen molar-refractivity contribution in [2.24, 2.45) is 0 Å². The smallest absolute Gasteiger partial charge is 0.160 e. The normalized spacial score (nSPS) is 13.3. The summed E-state index contributed by atoms with van der Waals surface area (Å²) in [5.74, 6) is 1.75. The van der Waals surface area contributed by atoms with Crippen LogP contribution in [0, 0.1) is 0 Å². The van der Waals surface area contributed by atoms with E-state index in [0.29, 0.717) is 13.1 Å². The van der Waals surface area contributed by atoms with E-state index in [-0.39, 0.29) is 0 Å². The van der Waals surface area contributed by atoms with Crippen molar-refractivity contribution in [1.29, 1.82) is 0 Å². The number of rotatable bonds is 4. The Morgan fingerprint density at radius 1 is 0.964 bits per heavy atom. The van der Waals surface area contributed by atoms with Crippen molar-refractivity contribution in [2.45, 2.75) is 6.54 Å². The van der Waals surface area contributed by atoms with Crippen LogP contribution in [0.4, 0.5) is 5.69 Å². The van der Waals surface area contributed by atoms with Gasteiger partial charge in [-0.2, -0.15) is 0 Å². The molecule has 0 saturated heterocycles. The first-order valence-electron chi connectivity index (χ1n) is 9.15. The summed E-state index contributed by atoms with van der Waals surface area (Å²) < 4.78 is 7.56. The lowest BCUT2D eigenvalue weighted by atomic mass is 10.1. The zero-order valence-corrected chi connectivity index (χ0v) is 15.5. The Labute approximate surface area is 162 Å². The summed E-state index contributed by atoms with van der Waals surface area (Å²) in [6.07, 6.45) is 5.88. The summed E-state index contributed by atoms with van der Waals surface area (Å²) in [6.45, 7) is 1.28. The molecule has 0 spiro atoms. The minimum absolute atomic E-state index is 0.610. The molecule has 138 valence electrons. The van der Waals surface area contributed by atoms with Crippen molar-refractivity contribution in [3.8, 4) is 11.1 Å². The summed E-state index contributed by atoms with van der Waals surface area (Å²) in [6, 6.07) is 18.4. The van der Waals surface area contributed by atoms with Gasteiger partial charge in [-0.05, 0) is 35.4 Å². The van der Waals surface area contributed by atoms with E-state index in [1.165, 1.54) is 5.56 Å². The summed E-state index contributed by atoms with van der Waals surface area (Å²) in [7, 11) is 1.69. The topological polar surface area (TPSA) is 55.5 Å². The maximum Gasteiger partial charge on any atom is 0.160 e. The van der Waals surface area contributed by atoms with Crippen LogP contribution < -0.4 is 4.90 Å². The molecule has 4 heterocycles. The minimum Gasteiger partial charge on any atom is -0.499 e. The van der Waals surface area contributed by atoms with E-state index >= 15 is 0 Å². The highest BCUT2D eigenvalue weighted by molar-refractivity contribution is 5.69. The number of hydrogen-bond acceptors (Lipinski definition) is 5. The van der Waals surface area contributed by atoms with Crippen molar-refractivity contribution in [3.05, 3.63) is 84.3 Å². The largest absolute Gasteiger partial charge is 0.499 e. The molecule has 0 amide bonds. The lowest BCUT2D eigenvalue weighted by Gasteiger charge is -2.29. The number of pyridine rings is 2. The van der Waals surface area contributed by atoms with Crippen LogP contribution in [0.3, 0.4) is 0 Å². The van der Waals surface area contributed by atoms with E-state index < -0.39 is 0 Å². The van der Waals surface area contributed by atoms with Gasteiger partial charge in [-0.15, -0.1) is 10.2 Å². The van der Waals surface area contributed by atoms with Crippen molar-refractivity contribution in [3.63, 3.8) is 0 Å². The van der Waals surface area contributed by atoms with Gasteiger partial charge in [-0.3, -0.25) is 9.38 Å². The molecule has 1 aliphatic heterocycles. The first-order chi connectivity index (χ1) is 13.8. The second kappa shape index (κ2) is 6.81. The Balaban J connectivity index is 1.53. The molecule has 5 rings (SSSR count). The summed E-state index contributed by atoms with van der Waals surface area (Å²) in [4.78, 5) is 6.69. The number of anilines is 1. The number of ether oxygens (including phenoxy) is 1. The van der Waals surface area contributed by atoms with Crippen molar-refractivity contribution >= 4 is 17.4 Å². The lowest BCUT2D eigenvalue weighted by molar-refractivity contribution is 0.287. The van der Waals surface area contributed by atoms with E-state index in [1.807, 2.05) is 36.4 Å². The highest BCUT2D eigenvalue weighted by Gasteiger charge is 2.21. The van der Waals surface area contributed by atoms with E-state index in [0.717, 1.165) is 34.2 Å². The molecule has 4 aromatic rings. The van der Waals surface area contributed by atoms with Crippen molar-refractivity contribution in [2.75, 3.05) is 18.6 Å². The standard InChI is InChI=1S/C22H19N5O/c1-28-18-12-19-20(8-5-11-23-19)26(14-18)15-22-25-24-21-10-9-17(13-27(21)22)16-6-3-2-4-7-16/h2-13H,14-15H2,1H3. The summed E-state index contributed by atoms with van der Waals surface area (Å²) in [5.41, 5.74) is 5.11. The molecule has 0 fully saturated rings. The average molecular weight is 369 g/mol. The lowest BCUT2D eigenvalue weighted by Crippen LogP contribution is -2.30. The van der Waals surface area contributed by atoms with Crippen molar-refractivity contribution < 1.29 is 4.74 Å². The molecule has 0 atom stereocenters. The Morgan fingerprint density at radius 2 is 1.86 bits per heavy atom. The highest BCUT2D eigenvalue weighted by Crippen LogP contribution is 2.28. The summed E-state index contributed by atoms with van der Waals surface area (Å²) >= 11 is 0. The van der Waals surface area contributed by atoms with Gasteiger partial charge in [0.05, 0.1) is 31.6 Å². The van der Waals surface area contributed by atoms with Gasteiger partial charge in [-0.1, -0.05) is 30.3 Å². The Kier molecular flexibility index (Phi) is 4.01. The van der Waals surface area contributed by atoms with E-state index in [2.05, 4.69) is 54.9 Å². The van der Waals surface area contributed by atoms with Crippen LogP contribution in [-0.2, 0) is 11.3 Å². The zero-order valence-electron chi connectivity index (χ0n) is 15.5. The van der Waals surface area contributed by atoms with Gasteiger partial charge in [0.15, 0.2) is 11.5 Å². The van der Waals surface area contributed by atoms with Crippen LogP contribution in [0.2, 0.25) is 0 Å². The number of methoxy groups -OCH3 is 1. The molecule has 1 aromatic carbocycles. The molecule has 1 aliphatic rings. The third-order valence-electron chi connectivity index (χ3n) is 4.98. The number of aromatic nitrogens is 4. The molecule has 28 heavy (non-hydrogen) atoms. The highest BCUT2D eigenvalue weighted by atomic mass is 16.5. The average Bonchev–Trinajstić information content (AvgIpc) is 3.16. The van der Waals surface area contributed by atoms with Gasteiger partial charge in [0, 0.05) is 18.5 Å². The second-order valence-electron chi connectivity index (χ2n) is 6.71. The maximum absolute atomic E-state index is 5.50. The maximum atomic E-state index is 5.50. The first-order valence-corrected chi connectivity index (χ1v) is 9.15. The van der Waals surface area contributed by atoms with Crippen LogP contribution in [-0.4, -0.2) is 33.2 Å². The Morgan fingerprint density at radius 3 is 2.71 bits per heavy atom. The number of hydrogen-bond donors (Lipinski definition) is 0. The zero-order chi connectivity index (χ0) is 18.9. The molecule has 6 nitrogen and oxygen atoms in total. The first kappa shape index (κ1) is 16.5. The molecule has 0 saturated carbocycles. The Hall–Kier alpha value is -3.67. The summed E-state index contributed by atoms with van der Waals surface area (Å²) in [5, 5.41) is 8.78. The second-order valence-corrected chi connectivity index (χ2v) is 6.71. The fourth-order valence-electron chi connectivity index (χ4n) is 3.54. The van der Waals surface area contributed by atoms with Gasteiger partial charge in [-0.25, -0.2) is 0 Å². The molecule has 0 radical (unpaired) electrons. The third kappa shape index (κ3) is 2.89.